The molecule has 2 bridgehead atoms. The van der Waals surface area contributed by atoms with Crippen molar-refractivity contribution in [3.8, 4) is 16.8 Å². The van der Waals surface area contributed by atoms with Gasteiger partial charge in [-0.1, -0.05) is 36.6 Å². The summed E-state index contributed by atoms with van der Waals surface area (Å²) in [5.74, 6) is -1.10. The van der Waals surface area contributed by atoms with E-state index in [2.05, 4.69) is 31.1 Å². The van der Waals surface area contributed by atoms with E-state index in [-0.39, 0.29) is 31.5 Å². The highest BCUT2D eigenvalue weighted by molar-refractivity contribution is 6.30. The fourth-order valence-electron chi connectivity index (χ4n) is 5.40. The number of pyridine rings is 1. The van der Waals surface area contributed by atoms with Crippen LogP contribution in [0.15, 0.2) is 67.1 Å². The first-order valence-electron chi connectivity index (χ1n) is 15.4. The van der Waals surface area contributed by atoms with Crippen molar-refractivity contribution in [3.05, 3.63) is 89.0 Å². The largest absolute Gasteiger partial charge is 0.469 e. The number of aromatic nitrogens is 5. The normalized spacial score (nSPS) is 16.1. The quantitative estimate of drug-likeness (QED) is 0.139. The molecule has 5 rings (SSSR count). The Balaban J connectivity index is 1.44. The number of fused-ring (bicyclic) bond motifs is 4. The summed E-state index contributed by atoms with van der Waals surface area (Å²) in [4.78, 5) is 43.2. The van der Waals surface area contributed by atoms with Crippen molar-refractivity contribution in [3.63, 3.8) is 0 Å². The highest BCUT2D eigenvalue weighted by Crippen LogP contribution is 2.33. The number of nitrogens with one attached hydrogen (secondary N) is 2. The second-order valence-electron chi connectivity index (χ2n) is 11.1. The molecule has 2 aromatic carbocycles. The van der Waals surface area contributed by atoms with E-state index in [1.54, 1.807) is 37.6 Å². The van der Waals surface area contributed by atoms with Crippen LogP contribution in [0, 0.1) is 0 Å². The molecule has 1 amide bonds. The van der Waals surface area contributed by atoms with Crippen LogP contribution in [0.5, 0.6) is 0 Å². The third kappa shape index (κ3) is 9.02. The van der Waals surface area contributed by atoms with E-state index in [0.717, 1.165) is 16.7 Å². The molecule has 0 unspecified atom stereocenters. The molecule has 1 aliphatic heterocycles. The van der Waals surface area contributed by atoms with Crippen molar-refractivity contribution in [2.75, 3.05) is 32.8 Å². The Bertz CT molecular complexity index is 1760. The molecule has 3 heterocycles. The Hall–Kier alpha value is -5.14. The van der Waals surface area contributed by atoms with Gasteiger partial charge in [0.05, 0.1) is 37.6 Å². The molecule has 0 spiro atoms. The molecule has 14 heteroatoms. The van der Waals surface area contributed by atoms with Gasteiger partial charge in [0, 0.05) is 41.2 Å². The van der Waals surface area contributed by atoms with Crippen LogP contribution in [-0.4, -0.2) is 76.5 Å². The minimum atomic E-state index is -0.655. The molecule has 0 fully saturated rings. The average molecular weight is 674 g/mol. The number of amides is 1. The Morgan fingerprint density at radius 2 is 1.92 bits per heavy atom. The topological polar surface area (TPSA) is 159 Å². The van der Waals surface area contributed by atoms with Crippen LogP contribution in [0.1, 0.15) is 48.5 Å². The number of hydrogen-bond donors (Lipinski definition) is 2. The van der Waals surface area contributed by atoms with Gasteiger partial charge in [-0.2, -0.15) is 4.68 Å². The maximum absolute atomic E-state index is 13.3. The summed E-state index contributed by atoms with van der Waals surface area (Å²) in [5, 5.41) is 18.3. The van der Waals surface area contributed by atoms with Crippen LogP contribution in [0.4, 0.5) is 5.69 Å². The average Bonchev–Trinajstić information content (AvgIpc) is 3.63. The van der Waals surface area contributed by atoms with Gasteiger partial charge in [-0.25, -0.2) is 4.79 Å². The van der Waals surface area contributed by atoms with Gasteiger partial charge in [-0.15, -0.1) is 5.10 Å². The first kappa shape index (κ1) is 34.2. The van der Waals surface area contributed by atoms with Gasteiger partial charge in [0.25, 0.3) is 0 Å². The molecular weight excluding hydrogens is 638 g/mol. The number of ether oxygens (including phenoxy) is 3. The van der Waals surface area contributed by atoms with E-state index in [9.17, 15) is 14.4 Å². The van der Waals surface area contributed by atoms with E-state index in [1.165, 1.54) is 24.2 Å². The van der Waals surface area contributed by atoms with Gasteiger partial charge in [0.1, 0.15) is 19.0 Å². The molecular formula is C34H36ClN7O6. The fraction of sp³-hybridized carbons (Fsp3) is 0.324. The smallest absolute Gasteiger partial charge is 0.328 e. The van der Waals surface area contributed by atoms with Gasteiger partial charge in [-0.05, 0) is 76.9 Å². The number of hydrogen-bond acceptors (Lipinski definition) is 11. The minimum Gasteiger partial charge on any atom is -0.469 e. The molecule has 0 saturated heterocycles. The second-order valence-corrected chi connectivity index (χ2v) is 11.5. The van der Waals surface area contributed by atoms with Crippen LogP contribution in [0.2, 0.25) is 5.02 Å². The van der Waals surface area contributed by atoms with Crippen LogP contribution >= 0.6 is 11.6 Å². The molecule has 2 N–H and O–H groups in total. The molecule has 1 aliphatic rings. The molecule has 0 saturated carbocycles. The third-order valence-electron chi connectivity index (χ3n) is 7.81. The van der Waals surface area contributed by atoms with Crippen molar-refractivity contribution < 1.29 is 28.6 Å². The van der Waals surface area contributed by atoms with E-state index in [4.69, 9.17) is 25.8 Å². The summed E-state index contributed by atoms with van der Waals surface area (Å²) < 4.78 is 16.9. The standard InChI is InChI=1S/C34H36ClN7O6/c1-46-15-16-48-34(45)28-6-4-3-5-27(39-32(43)12-8-24-19-25(35)9-11-31(24)42-21-37-40-41-42)30-20-23(13-14-36-30)26-10-7-22(17-29(26)38-28)18-33(44)47-2/h7-14,17,19-21,27-28,38H,3-6,15-16,18H2,1-2H3,(H,39,43)/b12-8+/t27-,28+/m0/s1. The monoisotopic (exact) mass is 673 g/mol. The molecule has 2 atom stereocenters. The zero-order valence-electron chi connectivity index (χ0n) is 26.6. The highest BCUT2D eigenvalue weighted by atomic mass is 35.5. The molecule has 0 radical (unpaired) electrons. The summed E-state index contributed by atoms with van der Waals surface area (Å²) >= 11 is 6.25. The van der Waals surface area contributed by atoms with E-state index in [0.29, 0.717) is 53.3 Å². The van der Waals surface area contributed by atoms with E-state index in [1.807, 2.05) is 30.3 Å². The number of tetrazole rings is 1. The zero-order chi connectivity index (χ0) is 33.9. The Kier molecular flexibility index (Phi) is 11.8. The van der Waals surface area contributed by atoms with E-state index >= 15 is 0 Å². The van der Waals surface area contributed by atoms with Crippen molar-refractivity contribution in [2.45, 2.75) is 44.2 Å². The molecule has 2 aromatic heterocycles. The first-order valence-corrected chi connectivity index (χ1v) is 15.8. The summed E-state index contributed by atoms with van der Waals surface area (Å²) in [6.45, 7) is 0.411. The number of methoxy groups -OCH3 is 2. The van der Waals surface area contributed by atoms with Gasteiger partial charge in [0.15, 0.2) is 0 Å². The third-order valence-corrected chi connectivity index (χ3v) is 8.04. The SMILES string of the molecule is COCCOC(=O)[C@H]1CCCC[C@H](NC(=O)/C=C/c2cc(Cl)ccc2-n2cnnn2)c2cc(ccn2)-c2ccc(CC(=O)OC)cc2N1. The minimum absolute atomic E-state index is 0.0734. The summed E-state index contributed by atoms with van der Waals surface area (Å²) in [6, 6.07) is 13.5. The van der Waals surface area contributed by atoms with Gasteiger partial charge < -0.3 is 24.8 Å². The number of carbonyl (C=O) groups excluding carboxylic acids is 3. The first-order chi connectivity index (χ1) is 23.3. The molecule has 13 nitrogen and oxygen atoms in total. The summed E-state index contributed by atoms with van der Waals surface area (Å²) in [6.07, 6.45) is 8.73. The highest BCUT2D eigenvalue weighted by Gasteiger charge is 2.24. The number of carbonyl (C=O) groups is 3. The van der Waals surface area contributed by atoms with Crippen molar-refractivity contribution in [1.82, 2.24) is 30.5 Å². The number of benzene rings is 2. The van der Waals surface area contributed by atoms with Crippen LogP contribution in [0.25, 0.3) is 22.9 Å². The van der Waals surface area contributed by atoms with Crippen LogP contribution in [0.3, 0.4) is 0 Å². The predicted molar refractivity (Wildman–Crippen MR) is 178 cm³/mol. The van der Waals surface area contributed by atoms with Crippen molar-refractivity contribution in [1.29, 1.82) is 0 Å². The number of nitrogens with zero attached hydrogens (tertiary/aromatic N) is 5. The molecule has 4 aromatic rings. The van der Waals surface area contributed by atoms with Gasteiger partial charge in [0.2, 0.25) is 5.91 Å². The molecule has 250 valence electrons. The van der Waals surface area contributed by atoms with Crippen molar-refractivity contribution >= 4 is 41.2 Å². The maximum atomic E-state index is 13.3. The Morgan fingerprint density at radius 3 is 2.71 bits per heavy atom. The lowest BCUT2D eigenvalue weighted by Gasteiger charge is -2.24. The predicted octanol–water partition coefficient (Wildman–Crippen LogP) is 4.51. The molecule has 0 aliphatic carbocycles. The summed E-state index contributed by atoms with van der Waals surface area (Å²) in [5.41, 5.74) is 5.00. The number of halogens is 1. The van der Waals surface area contributed by atoms with E-state index < -0.39 is 18.1 Å². The van der Waals surface area contributed by atoms with Crippen LogP contribution < -0.4 is 10.6 Å². The Labute approximate surface area is 282 Å². The number of anilines is 1. The Morgan fingerprint density at radius 1 is 1.06 bits per heavy atom. The van der Waals surface area contributed by atoms with Crippen molar-refractivity contribution in [2.24, 2.45) is 0 Å². The van der Waals surface area contributed by atoms with Gasteiger partial charge >= 0.3 is 11.9 Å². The van der Waals surface area contributed by atoms with Crippen LogP contribution in [-0.2, 0) is 35.0 Å². The fourth-order valence-corrected chi connectivity index (χ4v) is 5.58. The summed E-state index contributed by atoms with van der Waals surface area (Å²) in [7, 11) is 2.88. The lowest BCUT2D eigenvalue weighted by atomic mass is 9.95. The van der Waals surface area contributed by atoms with Gasteiger partial charge in [-0.3, -0.25) is 14.6 Å². The zero-order valence-corrected chi connectivity index (χ0v) is 27.4. The lowest BCUT2D eigenvalue weighted by molar-refractivity contribution is -0.146. The molecule has 48 heavy (non-hydrogen) atoms. The number of rotatable bonds is 10. The number of esters is 2. The maximum Gasteiger partial charge on any atom is 0.328 e. The lowest BCUT2D eigenvalue weighted by Crippen LogP contribution is -2.33. The second kappa shape index (κ2) is 16.6.